The molecule has 5 nitrogen and oxygen atoms in total. The van der Waals surface area contributed by atoms with E-state index >= 15 is 0 Å². The van der Waals surface area contributed by atoms with Crippen LogP contribution in [0.2, 0.25) is 0 Å². The van der Waals surface area contributed by atoms with Crippen LogP contribution >= 0.6 is 11.3 Å². The minimum Gasteiger partial charge on any atom is -0.383 e. The molecule has 0 aliphatic carbocycles. The van der Waals surface area contributed by atoms with Crippen LogP contribution in [0, 0.1) is 5.82 Å². The molecule has 124 valence electrons. The molecule has 0 radical (unpaired) electrons. The number of carbonyl (C=O) groups is 1. The van der Waals surface area contributed by atoms with Crippen LogP contribution in [0.25, 0.3) is 0 Å². The zero-order valence-electron chi connectivity index (χ0n) is 13.0. The van der Waals surface area contributed by atoms with Gasteiger partial charge < -0.3 is 15.4 Å². The fraction of sp³-hybridized carbons (Fsp3) is 0.375. The van der Waals surface area contributed by atoms with E-state index in [2.05, 4.69) is 15.6 Å². The van der Waals surface area contributed by atoms with Gasteiger partial charge in [-0.1, -0.05) is 12.1 Å². The monoisotopic (exact) mass is 337 g/mol. The summed E-state index contributed by atoms with van der Waals surface area (Å²) in [5.74, 6) is -0.381. The second-order valence-corrected chi connectivity index (χ2v) is 6.04. The number of hydrogen-bond acceptors (Lipinski definition) is 5. The largest absolute Gasteiger partial charge is 0.383 e. The first-order chi connectivity index (χ1) is 11.2. The van der Waals surface area contributed by atoms with Gasteiger partial charge in [0, 0.05) is 33.2 Å². The number of thiazole rings is 1. The summed E-state index contributed by atoms with van der Waals surface area (Å²) in [6.07, 6.45) is 2.17. The highest BCUT2D eigenvalue weighted by atomic mass is 32.1. The number of ether oxygens (including phenoxy) is 1. The standard InChI is InChI=1S/C16H20FN3O2S/c1-22-9-8-18-6-7-19-16(21)14-11-20-15(23-14)10-12-2-4-13(17)5-3-12/h2-5,11,18H,6-10H2,1H3,(H,19,21). The van der Waals surface area contributed by atoms with Crippen molar-refractivity contribution >= 4 is 17.2 Å². The Bertz CT molecular complexity index is 616. The van der Waals surface area contributed by atoms with Crippen molar-refractivity contribution < 1.29 is 13.9 Å². The second-order valence-electron chi connectivity index (χ2n) is 4.92. The lowest BCUT2D eigenvalue weighted by atomic mass is 10.2. The molecule has 2 rings (SSSR count). The molecule has 0 bridgehead atoms. The summed E-state index contributed by atoms with van der Waals surface area (Å²) in [5, 5.41) is 6.83. The smallest absolute Gasteiger partial charge is 0.263 e. The van der Waals surface area contributed by atoms with Gasteiger partial charge in [-0.3, -0.25) is 4.79 Å². The van der Waals surface area contributed by atoms with Crippen LogP contribution < -0.4 is 10.6 Å². The van der Waals surface area contributed by atoms with E-state index in [9.17, 15) is 9.18 Å². The van der Waals surface area contributed by atoms with E-state index in [4.69, 9.17) is 4.74 Å². The summed E-state index contributed by atoms with van der Waals surface area (Å²) in [6, 6.07) is 6.30. The van der Waals surface area contributed by atoms with E-state index in [1.165, 1.54) is 23.5 Å². The van der Waals surface area contributed by atoms with Crippen molar-refractivity contribution in [2.24, 2.45) is 0 Å². The summed E-state index contributed by atoms with van der Waals surface area (Å²) in [7, 11) is 1.65. The average Bonchev–Trinajstić information content (AvgIpc) is 3.01. The van der Waals surface area contributed by atoms with Crippen molar-refractivity contribution in [3.63, 3.8) is 0 Å². The first-order valence-electron chi connectivity index (χ1n) is 7.36. The molecule has 0 atom stereocenters. The molecular weight excluding hydrogens is 317 g/mol. The number of hydrogen-bond donors (Lipinski definition) is 2. The van der Waals surface area contributed by atoms with E-state index in [0.717, 1.165) is 17.1 Å². The predicted octanol–water partition coefficient (Wildman–Crippen LogP) is 1.84. The molecule has 1 aromatic heterocycles. The number of nitrogens with one attached hydrogen (secondary N) is 2. The Balaban J connectivity index is 1.77. The third-order valence-corrected chi connectivity index (χ3v) is 4.11. The van der Waals surface area contributed by atoms with Gasteiger partial charge in [-0.2, -0.15) is 0 Å². The van der Waals surface area contributed by atoms with Crippen molar-refractivity contribution in [3.05, 3.63) is 51.7 Å². The molecule has 2 N–H and O–H groups in total. The molecule has 0 unspecified atom stereocenters. The van der Waals surface area contributed by atoms with Crippen LogP contribution in [0.3, 0.4) is 0 Å². The lowest BCUT2D eigenvalue weighted by Crippen LogP contribution is -2.32. The van der Waals surface area contributed by atoms with Crippen LogP contribution in [0.4, 0.5) is 4.39 Å². The van der Waals surface area contributed by atoms with E-state index in [1.807, 2.05) is 0 Å². The molecule has 1 heterocycles. The van der Waals surface area contributed by atoms with Crippen LogP contribution in [0.5, 0.6) is 0 Å². The van der Waals surface area contributed by atoms with Crippen molar-refractivity contribution in [1.29, 1.82) is 0 Å². The highest BCUT2D eigenvalue weighted by Gasteiger charge is 2.10. The number of nitrogens with zero attached hydrogens (tertiary/aromatic N) is 1. The Morgan fingerprint density at radius 3 is 2.78 bits per heavy atom. The van der Waals surface area contributed by atoms with Crippen molar-refractivity contribution in [1.82, 2.24) is 15.6 Å². The van der Waals surface area contributed by atoms with E-state index < -0.39 is 0 Å². The number of benzene rings is 1. The lowest BCUT2D eigenvalue weighted by Gasteiger charge is -2.05. The van der Waals surface area contributed by atoms with Crippen molar-refractivity contribution in [2.45, 2.75) is 6.42 Å². The van der Waals surface area contributed by atoms with Crippen LogP contribution in [-0.2, 0) is 11.2 Å². The van der Waals surface area contributed by atoms with Crippen LogP contribution in [-0.4, -0.2) is 44.2 Å². The zero-order chi connectivity index (χ0) is 16.5. The van der Waals surface area contributed by atoms with E-state index in [0.29, 0.717) is 31.0 Å². The number of amides is 1. The van der Waals surface area contributed by atoms with Gasteiger partial charge in [-0.25, -0.2) is 9.37 Å². The average molecular weight is 337 g/mol. The van der Waals surface area contributed by atoms with E-state index in [-0.39, 0.29) is 11.7 Å². The molecule has 0 saturated heterocycles. The Labute approximate surface area is 138 Å². The van der Waals surface area contributed by atoms with Gasteiger partial charge in [0.05, 0.1) is 17.8 Å². The normalized spacial score (nSPS) is 10.7. The number of carbonyl (C=O) groups excluding carboxylic acids is 1. The molecular formula is C16H20FN3O2S. The zero-order valence-corrected chi connectivity index (χ0v) is 13.8. The van der Waals surface area contributed by atoms with Gasteiger partial charge >= 0.3 is 0 Å². The van der Waals surface area contributed by atoms with Gasteiger partial charge in [-0.05, 0) is 17.7 Å². The number of halogens is 1. The summed E-state index contributed by atoms with van der Waals surface area (Å²) in [4.78, 5) is 16.8. The van der Waals surface area contributed by atoms with Gasteiger partial charge in [-0.15, -0.1) is 11.3 Å². The SMILES string of the molecule is COCCNCCNC(=O)c1cnc(Cc2ccc(F)cc2)s1. The van der Waals surface area contributed by atoms with Crippen molar-refractivity contribution in [3.8, 4) is 0 Å². The molecule has 0 aliphatic heterocycles. The molecule has 7 heteroatoms. The molecule has 0 fully saturated rings. The Hall–Kier alpha value is -1.83. The molecule has 1 aromatic carbocycles. The van der Waals surface area contributed by atoms with Crippen LogP contribution in [0.1, 0.15) is 20.2 Å². The maximum atomic E-state index is 12.9. The first kappa shape index (κ1) is 17.5. The van der Waals surface area contributed by atoms with Gasteiger partial charge in [0.1, 0.15) is 10.7 Å². The Morgan fingerprint density at radius 1 is 1.26 bits per heavy atom. The van der Waals surface area contributed by atoms with Crippen molar-refractivity contribution in [2.75, 3.05) is 33.4 Å². The minimum atomic E-state index is -0.257. The number of methoxy groups -OCH3 is 1. The fourth-order valence-corrected chi connectivity index (χ4v) is 2.79. The molecule has 0 aliphatic rings. The highest BCUT2D eigenvalue weighted by molar-refractivity contribution is 7.13. The molecule has 2 aromatic rings. The summed E-state index contributed by atoms with van der Waals surface area (Å²) in [5.41, 5.74) is 0.968. The fourth-order valence-electron chi connectivity index (χ4n) is 1.92. The first-order valence-corrected chi connectivity index (χ1v) is 8.17. The number of rotatable bonds is 9. The van der Waals surface area contributed by atoms with Crippen LogP contribution in [0.15, 0.2) is 30.5 Å². The highest BCUT2D eigenvalue weighted by Crippen LogP contribution is 2.17. The third kappa shape index (κ3) is 6.05. The number of aromatic nitrogens is 1. The maximum Gasteiger partial charge on any atom is 0.263 e. The molecule has 23 heavy (non-hydrogen) atoms. The van der Waals surface area contributed by atoms with Gasteiger partial charge in [0.15, 0.2) is 0 Å². The minimum absolute atomic E-state index is 0.124. The summed E-state index contributed by atoms with van der Waals surface area (Å²) < 4.78 is 17.8. The summed E-state index contributed by atoms with van der Waals surface area (Å²) >= 11 is 1.35. The second kappa shape index (κ2) is 9.34. The summed E-state index contributed by atoms with van der Waals surface area (Å²) in [6.45, 7) is 2.65. The Morgan fingerprint density at radius 2 is 2.04 bits per heavy atom. The molecule has 1 amide bonds. The maximum absolute atomic E-state index is 12.9. The quantitative estimate of drug-likeness (QED) is 0.686. The Kier molecular flexibility index (Phi) is 7.12. The molecule has 0 saturated carbocycles. The topological polar surface area (TPSA) is 63.2 Å². The van der Waals surface area contributed by atoms with E-state index in [1.54, 1.807) is 25.4 Å². The lowest BCUT2D eigenvalue weighted by molar-refractivity contribution is 0.0957. The molecule has 0 spiro atoms. The third-order valence-electron chi connectivity index (χ3n) is 3.12. The predicted molar refractivity (Wildman–Crippen MR) is 88.4 cm³/mol. The van der Waals surface area contributed by atoms with Gasteiger partial charge in [0.2, 0.25) is 0 Å². The van der Waals surface area contributed by atoms with Gasteiger partial charge in [0.25, 0.3) is 5.91 Å².